The number of rotatable bonds is 4. The molecule has 8 nitrogen and oxygen atoms in total. The lowest BCUT2D eigenvalue weighted by Crippen LogP contribution is -2.29. The summed E-state index contributed by atoms with van der Waals surface area (Å²) in [5.41, 5.74) is 4.86. The molecule has 5 rings (SSSR count). The molecular weight excluding hydrogens is 360 g/mol. The number of aryl methyl sites for hydroxylation is 1. The van der Waals surface area contributed by atoms with E-state index in [1.807, 2.05) is 31.6 Å². The van der Waals surface area contributed by atoms with Crippen LogP contribution in [0.2, 0.25) is 0 Å². The van der Waals surface area contributed by atoms with Crippen molar-refractivity contribution in [2.75, 3.05) is 18.4 Å². The monoisotopic (exact) mass is 380 g/mol. The van der Waals surface area contributed by atoms with Crippen LogP contribution in [0.15, 0.2) is 30.9 Å². The topological polar surface area (TPSA) is 95.8 Å². The van der Waals surface area contributed by atoms with E-state index in [0.29, 0.717) is 5.92 Å². The average molecular weight is 380 g/mol. The first-order chi connectivity index (χ1) is 13.3. The van der Waals surface area contributed by atoms with Crippen molar-refractivity contribution in [2.45, 2.75) is 25.7 Å². The molecule has 4 aromatic heterocycles. The lowest BCUT2D eigenvalue weighted by Gasteiger charge is -2.23. The molecule has 0 aliphatic carbocycles. The number of aromatic amines is 1. The van der Waals surface area contributed by atoms with Gasteiger partial charge < -0.3 is 10.6 Å². The van der Waals surface area contributed by atoms with Crippen LogP contribution in [0, 0.1) is 6.92 Å². The van der Waals surface area contributed by atoms with Crippen molar-refractivity contribution < 1.29 is 0 Å². The average Bonchev–Trinajstić information content (AvgIpc) is 3.43. The first-order valence-electron chi connectivity index (χ1n) is 9.06. The van der Waals surface area contributed by atoms with Crippen LogP contribution in [0.25, 0.3) is 16.9 Å². The lowest BCUT2D eigenvalue weighted by molar-refractivity contribution is 0.454. The summed E-state index contributed by atoms with van der Waals surface area (Å²) in [6.45, 7) is 4.02. The van der Waals surface area contributed by atoms with Gasteiger partial charge in [-0.05, 0) is 43.9 Å². The van der Waals surface area contributed by atoms with E-state index in [-0.39, 0.29) is 0 Å². The highest BCUT2D eigenvalue weighted by molar-refractivity contribution is 7.10. The van der Waals surface area contributed by atoms with Gasteiger partial charge in [-0.1, -0.05) is 0 Å². The van der Waals surface area contributed by atoms with E-state index in [2.05, 4.69) is 40.8 Å². The highest BCUT2D eigenvalue weighted by atomic mass is 32.1. The molecule has 0 aromatic carbocycles. The molecule has 3 N–H and O–H groups in total. The van der Waals surface area contributed by atoms with Gasteiger partial charge in [-0.2, -0.15) is 9.47 Å². The van der Waals surface area contributed by atoms with E-state index in [1.54, 1.807) is 0 Å². The predicted molar refractivity (Wildman–Crippen MR) is 106 cm³/mol. The number of aromatic nitrogens is 6. The van der Waals surface area contributed by atoms with Gasteiger partial charge in [-0.25, -0.2) is 9.97 Å². The third kappa shape index (κ3) is 3.08. The van der Waals surface area contributed by atoms with Crippen molar-refractivity contribution in [1.29, 1.82) is 0 Å². The number of fused-ring (bicyclic) bond motifs is 1. The number of hydrogen-bond acceptors (Lipinski definition) is 7. The summed E-state index contributed by atoms with van der Waals surface area (Å²) in [6.07, 6.45) is 9.98. The second-order valence-electron chi connectivity index (χ2n) is 6.84. The van der Waals surface area contributed by atoms with Crippen LogP contribution in [0.1, 0.15) is 30.1 Å². The summed E-state index contributed by atoms with van der Waals surface area (Å²) in [5, 5.41) is 14.8. The van der Waals surface area contributed by atoms with Crippen molar-refractivity contribution in [2.24, 2.45) is 0 Å². The predicted octanol–water partition coefficient (Wildman–Crippen LogP) is 3.09. The number of H-pyrrole nitrogens is 1. The summed E-state index contributed by atoms with van der Waals surface area (Å²) in [6, 6.07) is 2.03. The summed E-state index contributed by atoms with van der Waals surface area (Å²) in [5.74, 6) is 1.16. The van der Waals surface area contributed by atoms with Gasteiger partial charge in [-0.3, -0.25) is 9.50 Å². The largest absolute Gasteiger partial charge is 0.328 e. The van der Waals surface area contributed by atoms with Crippen molar-refractivity contribution in [3.8, 4) is 11.3 Å². The van der Waals surface area contributed by atoms with E-state index >= 15 is 0 Å². The molecule has 5 heterocycles. The zero-order valence-electron chi connectivity index (χ0n) is 14.9. The van der Waals surface area contributed by atoms with Gasteiger partial charge in [-0.15, -0.1) is 0 Å². The fourth-order valence-electron chi connectivity index (χ4n) is 3.54. The standard InChI is InChI=1S/C18H20N8S/c1-11-5-16(27-25-11)24-17-18-20-9-15(13-7-21-22-8-13)26(18)10-14(23-17)12-3-2-4-19-6-12/h5,7-10,12,19H,2-4,6H2,1H3,(H,21,22)(H,23,24). The van der Waals surface area contributed by atoms with E-state index in [4.69, 9.17) is 4.98 Å². The highest BCUT2D eigenvalue weighted by Crippen LogP contribution is 2.30. The molecular formula is C18H20N8S. The third-order valence-corrected chi connectivity index (χ3v) is 5.69. The smallest absolute Gasteiger partial charge is 0.180 e. The molecule has 138 valence electrons. The van der Waals surface area contributed by atoms with Crippen molar-refractivity contribution >= 4 is 28.0 Å². The number of anilines is 2. The molecule has 0 amide bonds. The molecule has 1 aliphatic rings. The van der Waals surface area contributed by atoms with Crippen LogP contribution in [0.3, 0.4) is 0 Å². The molecule has 1 unspecified atom stereocenters. The minimum atomic E-state index is 0.395. The van der Waals surface area contributed by atoms with E-state index in [9.17, 15) is 0 Å². The molecule has 0 spiro atoms. The summed E-state index contributed by atoms with van der Waals surface area (Å²) in [7, 11) is 0. The molecule has 1 atom stereocenters. The number of nitrogens with zero attached hydrogens (tertiary/aromatic N) is 5. The molecule has 4 aromatic rings. The fourth-order valence-corrected chi connectivity index (χ4v) is 4.20. The van der Waals surface area contributed by atoms with Crippen molar-refractivity contribution in [3.05, 3.63) is 42.2 Å². The molecule has 0 saturated carbocycles. The van der Waals surface area contributed by atoms with Gasteiger partial charge in [0.15, 0.2) is 11.5 Å². The van der Waals surface area contributed by atoms with Crippen LogP contribution in [-0.2, 0) is 0 Å². The Hall–Kier alpha value is -2.78. The van der Waals surface area contributed by atoms with E-state index in [1.165, 1.54) is 18.0 Å². The van der Waals surface area contributed by atoms with Crippen LogP contribution in [0.4, 0.5) is 10.8 Å². The van der Waals surface area contributed by atoms with Crippen LogP contribution >= 0.6 is 11.5 Å². The summed E-state index contributed by atoms with van der Waals surface area (Å²) < 4.78 is 6.46. The van der Waals surface area contributed by atoms with Crippen molar-refractivity contribution in [3.63, 3.8) is 0 Å². The van der Waals surface area contributed by atoms with Crippen LogP contribution < -0.4 is 10.6 Å². The number of imidazole rings is 1. The Kier molecular flexibility index (Phi) is 4.10. The zero-order valence-corrected chi connectivity index (χ0v) is 15.8. The second kappa shape index (κ2) is 6.75. The normalized spacial score (nSPS) is 17.4. The quantitative estimate of drug-likeness (QED) is 0.503. The van der Waals surface area contributed by atoms with Crippen LogP contribution in [0.5, 0.6) is 0 Å². The minimum Gasteiger partial charge on any atom is -0.328 e. The Bertz CT molecular complexity index is 1060. The molecule has 1 fully saturated rings. The zero-order chi connectivity index (χ0) is 18.2. The number of nitrogens with one attached hydrogen (secondary N) is 3. The van der Waals surface area contributed by atoms with E-state index in [0.717, 1.165) is 58.6 Å². The Balaban J connectivity index is 1.64. The maximum Gasteiger partial charge on any atom is 0.180 e. The molecule has 1 aliphatic heterocycles. The number of piperidine rings is 1. The van der Waals surface area contributed by atoms with Gasteiger partial charge in [0, 0.05) is 30.4 Å². The Morgan fingerprint density at radius 3 is 3.04 bits per heavy atom. The van der Waals surface area contributed by atoms with E-state index < -0.39 is 0 Å². The number of hydrogen-bond donors (Lipinski definition) is 3. The third-order valence-electron chi connectivity index (χ3n) is 4.89. The van der Waals surface area contributed by atoms with Crippen molar-refractivity contribution in [1.82, 2.24) is 34.3 Å². The maximum atomic E-state index is 4.94. The first kappa shape index (κ1) is 16.4. The van der Waals surface area contributed by atoms with Gasteiger partial charge in [0.25, 0.3) is 0 Å². The highest BCUT2D eigenvalue weighted by Gasteiger charge is 2.21. The molecule has 0 bridgehead atoms. The Labute approximate surface area is 160 Å². The molecule has 9 heteroatoms. The minimum absolute atomic E-state index is 0.395. The van der Waals surface area contributed by atoms with Gasteiger partial charge in [0.05, 0.1) is 29.5 Å². The lowest BCUT2D eigenvalue weighted by atomic mass is 9.96. The van der Waals surface area contributed by atoms with Gasteiger partial charge in [0.2, 0.25) is 0 Å². The van der Waals surface area contributed by atoms with Gasteiger partial charge in [0.1, 0.15) is 5.00 Å². The molecule has 0 radical (unpaired) electrons. The summed E-state index contributed by atoms with van der Waals surface area (Å²) in [4.78, 5) is 9.57. The summed E-state index contributed by atoms with van der Waals surface area (Å²) >= 11 is 1.43. The fraction of sp³-hybridized carbons (Fsp3) is 0.333. The second-order valence-corrected chi connectivity index (χ2v) is 7.64. The Morgan fingerprint density at radius 2 is 2.30 bits per heavy atom. The SMILES string of the molecule is Cc1cc(Nc2nc(C3CCCNC3)cn3c(-c4cn[nH]c4)cnc23)sn1. The first-order valence-corrected chi connectivity index (χ1v) is 9.83. The van der Waals surface area contributed by atoms with Crippen LogP contribution in [-0.4, -0.2) is 42.0 Å². The van der Waals surface area contributed by atoms with Gasteiger partial charge >= 0.3 is 0 Å². The molecule has 27 heavy (non-hydrogen) atoms. The Morgan fingerprint density at radius 1 is 1.33 bits per heavy atom. The molecule has 1 saturated heterocycles. The maximum absolute atomic E-state index is 4.94.